The minimum absolute atomic E-state index is 0.126. The van der Waals surface area contributed by atoms with Gasteiger partial charge in [0.05, 0.1) is 5.56 Å². The fourth-order valence-corrected chi connectivity index (χ4v) is 3.32. The largest absolute Gasteiger partial charge is 0.349 e. The summed E-state index contributed by atoms with van der Waals surface area (Å²) in [6.45, 7) is 0. The summed E-state index contributed by atoms with van der Waals surface area (Å²) >= 11 is 1.99. The SMILES string of the molecule is O=C(NC1Cc2ccccc2C1)c1ccc(F)cc1I. The Bertz CT molecular complexity index is 646. The fraction of sp³-hybridized carbons (Fsp3) is 0.188. The number of carbonyl (C=O) groups is 1. The Labute approximate surface area is 130 Å². The molecular formula is C16H13FINO. The van der Waals surface area contributed by atoms with Crippen LogP contribution in [0.3, 0.4) is 0 Å². The number of amides is 1. The number of rotatable bonds is 2. The third-order valence-corrected chi connectivity index (χ3v) is 4.45. The van der Waals surface area contributed by atoms with Crippen LogP contribution in [0.25, 0.3) is 0 Å². The van der Waals surface area contributed by atoms with Crippen LogP contribution in [0.4, 0.5) is 4.39 Å². The molecule has 3 rings (SSSR count). The Morgan fingerprint density at radius 3 is 2.40 bits per heavy atom. The van der Waals surface area contributed by atoms with E-state index in [0.29, 0.717) is 9.13 Å². The first kappa shape index (κ1) is 13.5. The molecule has 1 amide bonds. The van der Waals surface area contributed by atoms with Gasteiger partial charge in [0, 0.05) is 9.61 Å². The zero-order valence-electron chi connectivity index (χ0n) is 10.7. The van der Waals surface area contributed by atoms with Crippen molar-refractivity contribution in [2.24, 2.45) is 0 Å². The second kappa shape index (κ2) is 5.52. The molecule has 0 radical (unpaired) electrons. The van der Waals surface area contributed by atoms with Crippen LogP contribution < -0.4 is 5.32 Å². The third-order valence-electron chi connectivity index (χ3n) is 3.56. The summed E-state index contributed by atoms with van der Waals surface area (Å²) < 4.78 is 13.7. The highest BCUT2D eigenvalue weighted by Gasteiger charge is 2.23. The summed E-state index contributed by atoms with van der Waals surface area (Å²) in [5.74, 6) is -0.452. The highest BCUT2D eigenvalue weighted by Crippen LogP contribution is 2.22. The number of hydrogen-bond acceptors (Lipinski definition) is 1. The number of nitrogens with one attached hydrogen (secondary N) is 1. The van der Waals surface area contributed by atoms with Crippen molar-refractivity contribution in [3.63, 3.8) is 0 Å². The average molecular weight is 381 g/mol. The standard InChI is InChI=1S/C16H13FINO/c17-12-5-6-14(15(18)9-12)16(20)19-13-7-10-3-1-2-4-11(10)8-13/h1-6,9,13H,7-8H2,(H,19,20). The summed E-state index contributed by atoms with van der Waals surface area (Å²) in [6.07, 6.45) is 1.72. The first-order valence-corrected chi connectivity index (χ1v) is 7.54. The molecule has 0 unspecified atom stereocenters. The molecular weight excluding hydrogens is 368 g/mol. The van der Waals surface area contributed by atoms with Gasteiger partial charge in [0.25, 0.3) is 5.91 Å². The lowest BCUT2D eigenvalue weighted by Crippen LogP contribution is -2.35. The van der Waals surface area contributed by atoms with Crippen molar-refractivity contribution in [2.45, 2.75) is 18.9 Å². The second-order valence-electron chi connectivity index (χ2n) is 4.97. The molecule has 1 aliphatic carbocycles. The van der Waals surface area contributed by atoms with E-state index < -0.39 is 0 Å². The van der Waals surface area contributed by atoms with Crippen molar-refractivity contribution in [2.75, 3.05) is 0 Å². The third kappa shape index (κ3) is 2.70. The van der Waals surface area contributed by atoms with Crippen LogP contribution in [0.15, 0.2) is 42.5 Å². The van der Waals surface area contributed by atoms with E-state index in [-0.39, 0.29) is 17.8 Å². The Balaban J connectivity index is 1.72. The number of fused-ring (bicyclic) bond motifs is 1. The van der Waals surface area contributed by atoms with Gasteiger partial charge in [-0.3, -0.25) is 4.79 Å². The van der Waals surface area contributed by atoms with Crippen molar-refractivity contribution in [1.82, 2.24) is 5.32 Å². The zero-order valence-corrected chi connectivity index (χ0v) is 12.9. The quantitative estimate of drug-likeness (QED) is 0.795. The minimum atomic E-state index is -0.320. The molecule has 20 heavy (non-hydrogen) atoms. The molecule has 102 valence electrons. The van der Waals surface area contributed by atoms with Gasteiger partial charge >= 0.3 is 0 Å². The predicted molar refractivity (Wildman–Crippen MR) is 84.2 cm³/mol. The van der Waals surface area contributed by atoms with Gasteiger partial charge in [0.2, 0.25) is 0 Å². The Hall–Kier alpha value is -1.43. The number of carbonyl (C=O) groups excluding carboxylic acids is 1. The molecule has 0 atom stereocenters. The molecule has 0 heterocycles. The molecule has 2 nitrogen and oxygen atoms in total. The topological polar surface area (TPSA) is 29.1 Å². The van der Waals surface area contributed by atoms with E-state index in [1.807, 2.05) is 34.7 Å². The minimum Gasteiger partial charge on any atom is -0.349 e. The molecule has 4 heteroatoms. The van der Waals surface area contributed by atoms with E-state index in [1.165, 1.54) is 29.3 Å². The maximum Gasteiger partial charge on any atom is 0.252 e. The van der Waals surface area contributed by atoms with E-state index in [0.717, 1.165) is 12.8 Å². The van der Waals surface area contributed by atoms with Gasteiger partial charge in [0.1, 0.15) is 5.82 Å². The van der Waals surface area contributed by atoms with E-state index in [2.05, 4.69) is 17.4 Å². The average Bonchev–Trinajstić information content (AvgIpc) is 2.80. The molecule has 0 aromatic heterocycles. The van der Waals surface area contributed by atoms with Crippen LogP contribution in [0, 0.1) is 9.39 Å². The van der Waals surface area contributed by atoms with Gasteiger partial charge < -0.3 is 5.32 Å². The van der Waals surface area contributed by atoms with Crippen molar-refractivity contribution >= 4 is 28.5 Å². The van der Waals surface area contributed by atoms with Crippen LogP contribution in [0.1, 0.15) is 21.5 Å². The van der Waals surface area contributed by atoms with Gasteiger partial charge in [-0.25, -0.2) is 4.39 Å². The van der Waals surface area contributed by atoms with Crippen molar-refractivity contribution < 1.29 is 9.18 Å². The second-order valence-corrected chi connectivity index (χ2v) is 6.13. The summed E-state index contributed by atoms with van der Waals surface area (Å²) in [4.78, 5) is 12.2. The van der Waals surface area contributed by atoms with Crippen molar-refractivity contribution in [3.05, 3.63) is 68.5 Å². The lowest BCUT2D eigenvalue weighted by molar-refractivity contribution is 0.0937. The molecule has 1 N–H and O–H groups in total. The normalized spacial score (nSPS) is 14.1. The fourth-order valence-electron chi connectivity index (χ4n) is 2.60. The van der Waals surface area contributed by atoms with Gasteiger partial charge in [-0.1, -0.05) is 24.3 Å². The summed E-state index contributed by atoms with van der Waals surface area (Å²) in [7, 11) is 0. The maximum absolute atomic E-state index is 13.1. The molecule has 1 aliphatic rings. The maximum atomic E-state index is 13.1. The van der Waals surface area contributed by atoms with Crippen LogP contribution >= 0.6 is 22.6 Å². The van der Waals surface area contributed by atoms with E-state index in [9.17, 15) is 9.18 Å². The summed E-state index contributed by atoms with van der Waals surface area (Å²) in [5, 5.41) is 3.04. The van der Waals surface area contributed by atoms with Crippen LogP contribution in [0.5, 0.6) is 0 Å². The molecule has 2 aromatic rings. The van der Waals surface area contributed by atoms with E-state index >= 15 is 0 Å². The van der Waals surface area contributed by atoms with Gasteiger partial charge in [-0.2, -0.15) is 0 Å². The highest BCUT2D eigenvalue weighted by molar-refractivity contribution is 14.1. The Morgan fingerprint density at radius 2 is 1.80 bits per heavy atom. The molecule has 0 spiro atoms. The monoisotopic (exact) mass is 381 g/mol. The molecule has 0 saturated carbocycles. The molecule has 2 aromatic carbocycles. The van der Waals surface area contributed by atoms with Crippen molar-refractivity contribution in [3.8, 4) is 0 Å². The number of halogens is 2. The molecule has 0 aliphatic heterocycles. The van der Waals surface area contributed by atoms with Gasteiger partial charge in [-0.15, -0.1) is 0 Å². The Morgan fingerprint density at radius 1 is 1.15 bits per heavy atom. The van der Waals surface area contributed by atoms with Gasteiger partial charge in [-0.05, 0) is 64.8 Å². The first-order chi connectivity index (χ1) is 9.63. The van der Waals surface area contributed by atoms with Crippen LogP contribution in [-0.2, 0) is 12.8 Å². The molecule has 0 bridgehead atoms. The van der Waals surface area contributed by atoms with Crippen LogP contribution in [-0.4, -0.2) is 11.9 Å². The smallest absolute Gasteiger partial charge is 0.252 e. The summed E-state index contributed by atoms with van der Waals surface area (Å²) in [6, 6.07) is 12.6. The zero-order chi connectivity index (χ0) is 14.1. The van der Waals surface area contributed by atoms with E-state index in [4.69, 9.17) is 0 Å². The lowest BCUT2D eigenvalue weighted by Gasteiger charge is -2.13. The Kier molecular flexibility index (Phi) is 3.74. The first-order valence-electron chi connectivity index (χ1n) is 6.46. The van der Waals surface area contributed by atoms with E-state index in [1.54, 1.807) is 0 Å². The molecule has 0 saturated heterocycles. The van der Waals surface area contributed by atoms with Crippen molar-refractivity contribution in [1.29, 1.82) is 0 Å². The highest BCUT2D eigenvalue weighted by atomic mass is 127. The number of hydrogen-bond donors (Lipinski definition) is 1. The van der Waals surface area contributed by atoms with Crippen LogP contribution in [0.2, 0.25) is 0 Å². The van der Waals surface area contributed by atoms with Gasteiger partial charge in [0.15, 0.2) is 0 Å². The molecule has 0 fully saturated rings. The summed E-state index contributed by atoms with van der Waals surface area (Å²) in [5.41, 5.74) is 3.13. The predicted octanol–water partition coefficient (Wildman–Crippen LogP) is 3.33. The lowest BCUT2D eigenvalue weighted by atomic mass is 10.1. The number of benzene rings is 2.